The molecule has 2 N–H and O–H groups in total. The lowest BCUT2D eigenvalue weighted by Gasteiger charge is -1.99. The Bertz CT molecular complexity index is 582. The fraction of sp³-hybridized carbons (Fsp3) is 0.188. The fourth-order valence-corrected chi connectivity index (χ4v) is 2.49. The lowest BCUT2D eigenvalue weighted by atomic mass is 10.2. The second-order valence-electron chi connectivity index (χ2n) is 4.06. The van der Waals surface area contributed by atoms with Crippen LogP contribution < -0.4 is 5.73 Å². The molecule has 21 heavy (non-hydrogen) atoms. The van der Waals surface area contributed by atoms with Crippen molar-refractivity contribution < 1.29 is 0 Å². The molecule has 0 fully saturated rings. The van der Waals surface area contributed by atoms with Crippen LogP contribution in [-0.4, -0.2) is 15.0 Å². The van der Waals surface area contributed by atoms with Gasteiger partial charge in [0.2, 0.25) is 0 Å². The van der Waals surface area contributed by atoms with Gasteiger partial charge in [-0.1, -0.05) is 68.3 Å². The number of hydrogen-bond donors (Lipinski definition) is 1. The molecule has 2 nitrogen and oxygen atoms in total. The van der Waals surface area contributed by atoms with Crippen LogP contribution in [0.15, 0.2) is 57.5 Å². The summed E-state index contributed by atoms with van der Waals surface area (Å²) in [5.41, 5.74) is 7.74. The molecule has 0 bridgehead atoms. The standard InChI is InChI=1S/C8H10BrN.C8H6BrN.B/c2*9-8-4-2-1-3-7(8)5-6-10;/h1-4H,5-6,10H2;1-4H,5H2;. The van der Waals surface area contributed by atoms with Gasteiger partial charge in [0.15, 0.2) is 0 Å². The maximum Gasteiger partial charge on any atom is 0.0670 e. The molecule has 0 atom stereocenters. The molecule has 0 heterocycles. The fourth-order valence-electron chi connectivity index (χ4n) is 1.58. The van der Waals surface area contributed by atoms with E-state index in [2.05, 4.69) is 44.0 Å². The molecular formula is C16H16BBr2N2. The summed E-state index contributed by atoms with van der Waals surface area (Å²) in [5.74, 6) is 0. The maximum absolute atomic E-state index is 8.37. The van der Waals surface area contributed by atoms with Gasteiger partial charge in [0.1, 0.15) is 0 Å². The van der Waals surface area contributed by atoms with Crippen molar-refractivity contribution in [1.29, 1.82) is 5.26 Å². The summed E-state index contributed by atoms with van der Waals surface area (Å²) in [6.07, 6.45) is 1.42. The summed E-state index contributed by atoms with van der Waals surface area (Å²) >= 11 is 6.79. The molecule has 0 aliphatic heterocycles. The van der Waals surface area contributed by atoms with E-state index in [1.807, 2.05) is 42.5 Å². The van der Waals surface area contributed by atoms with Crippen LogP contribution in [0.4, 0.5) is 0 Å². The molecule has 0 saturated carbocycles. The Kier molecular flexibility index (Phi) is 11.0. The molecule has 3 radical (unpaired) electrons. The Balaban J connectivity index is 0.000000364. The number of nitriles is 1. The first-order valence-corrected chi connectivity index (χ1v) is 7.81. The molecule has 107 valence electrons. The van der Waals surface area contributed by atoms with Crippen molar-refractivity contribution in [2.24, 2.45) is 5.73 Å². The maximum atomic E-state index is 8.37. The monoisotopic (exact) mass is 405 g/mol. The minimum Gasteiger partial charge on any atom is -0.330 e. The first-order chi connectivity index (χ1) is 9.69. The summed E-state index contributed by atoms with van der Waals surface area (Å²) in [6, 6.07) is 18.0. The zero-order valence-electron chi connectivity index (χ0n) is 11.6. The zero-order valence-corrected chi connectivity index (χ0v) is 14.8. The summed E-state index contributed by atoms with van der Waals surface area (Å²) in [7, 11) is 0. The number of nitrogens with zero attached hydrogens (tertiary/aromatic N) is 1. The van der Waals surface area contributed by atoms with Crippen molar-refractivity contribution in [3.63, 3.8) is 0 Å². The quantitative estimate of drug-likeness (QED) is 0.780. The normalized spacial score (nSPS) is 8.86. The highest BCUT2D eigenvalue weighted by atomic mass is 79.9. The summed E-state index contributed by atoms with van der Waals surface area (Å²) in [5, 5.41) is 8.37. The van der Waals surface area contributed by atoms with Gasteiger partial charge in [-0.15, -0.1) is 0 Å². The third-order valence-electron chi connectivity index (χ3n) is 2.60. The Morgan fingerprint density at radius 2 is 1.38 bits per heavy atom. The number of nitrogens with two attached hydrogens (primary N) is 1. The molecule has 2 aromatic carbocycles. The van der Waals surface area contributed by atoms with Crippen molar-refractivity contribution in [2.75, 3.05) is 6.54 Å². The molecule has 0 amide bonds. The first-order valence-electron chi connectivity index (χ1n) is 6.23. The molecule has 0 unspecified atom stereocenters. The number of rotatable bonds is 3. The average molecular weight is 407 g/mol. The Morgan fingerprint density at radius 1 is 0.905 bits per heavy atom. The highest BCUT2D eigenvalue weighted by molar-refractivity contribution is 9.10. The Labute approximate surface area is 145 Å². The predicted molar refractivity (Wildman–Crippen MR) is 96.1 cm³/mol. The van der Waals surface area contributed by atoms with E-state index in [9.17, 15) is 0 Å². The highest BCUT2D eigenvalue weighted by Crippen LogP contribution is 2.16. The van der Waals surface area contributed by atoms with Crippen LogP contribution in [0.25, 0.3) is 0 Å². The molecule has 0 saturated heterocycles. The van der Waals surface area contributed by atoms with Gasteiger partial charge < -0.3 is 5.73 Å². The summed E-state index contributed by atoms with van der Waals surface area (Å²) < 4.78 is 2.16. The van der Waals surface area contributed by atoms with E-state index in [0.717, 1.165) is 20.9 Å². The van der Waals surface area contributed by atoms with Gasteiger partial charge in [0.25, 0.3) is 0 Å². The number of halogens is 2. The molecule has 0 aliphatic rings. The average Bonchev–Trinajstić information content (AvgIpc) is 2.45. The predicted octanol–water partition coefficient (Wildman–Crippen LogP) is 4.08. The van der Waals surface area contributed by atoms with Crippen LogP contribution in [0.2, 0.25) is 0 Å². The van der Waals surface area contributed by atoms with Crippen LogP contribution in [0.3, 0.4) is 0 Å². The van der Waals surface area contributed by atoms with Crippen molar-refractivity contribution in [1.82, 2.24) is 0 Å². The van der Waals surface area contributed by atoms with Gasteiger partial charge in [-0.2, -0.15) is 5.26 Å². The van der Waals surface area contributed by atoms with E-state index in [4.69, 9.17) is 11.0 Å². The number of benzene rings is 2. The largest absolute Gasteiger partial charge is 0.330 e. The second-order valence-corrected chi connectivity index (χ2v) is 5.77. The SMILES string of the molecule is N#CCc1ccccc1Br.NCCc1ccccc1Br.[B]. The lowest BCUT2D eigenvalue weighted by Crippen LogP contribution is -2.02. The third-order valence-corrected chi connectivity index (χ3v) is 4.15. The van der Waals surface area contributed by atoms with Gasteiger partial charge in [-0.25, -0.2) is 0 Å². The molecule has 0 aliphatic carbocycles. The zero-order chi connectivity index (χ0) is 14.8. The Morgan fingerprint density at radius 3 is 1.81 bits per heavy atom. The van der Waals surface area contributed by atoms with Gasteiger partial charge in [-0.3, -0.25) is 0 Å². The van der Waals surface area contributed by atoms with Crippen molar-refractivity contribution >= 4 is 40.3 Å². The summed E-state index contributed by atoms with van der Waals surface area (Å²) in [4.78, 5) is 0. The van der Waals surface area contributed by atoms with E-state index in [0.29, 0.717) is 13.0 Å². The minimum absolute atomic E-state index is 0. The van der Waals surface area contributed by atoms with E-state index in [1.165, 1.54) is 5.56 Å². The van der Waals surface area contributed by atoms with Crippen molar-refractivity contribution in [3.8, 4) is 6.07 Å². The molecule has 0 aromatic heterocycles. The summed E-state index contributed by atoms with van der Waals surface area (Å²) in [6.45, 7) is 0.711. The number of hydrogen-bond acceptors (Lipinski definition) is 2. The van der Waals surface area contributed by atoms with Gasteiger partial charge in [0, 0.05) is 17.4 Å². The van der Waals surface area contributed by atoms with Gasteiger partial charge in [0.05, 0.1) is 12.5 Å². The van der Waals surface area contributed by atoms with Crippen LogP contribution in [-0.2, 0) is 12.8 Å². The molecule has 2 rings (SSSR count). The van der Waals surface area contributed by atoms with Crippen LogP contribution in [0.1, 0.15) is 11.1 Å². The Hall–Kier alpha value is -1.09. The molecule has 2 aromatic rings. The van der Waals surface area contributed by atoms with Crippen LogP contribution >= 0.6 is 31.9 Å². The van der Waals surface area contributed by atoms with Crippen molar-refractivity contribution in [2.45, 2.75) is 12.8 Å². The first kappa shape index (κ1) is 19.9. The van der Waals surface area contributed by atoms with E-state index < -0.39 is 0 Å². The van der Waals surface area contributed by atoms with Crippen molar-refractivity contribution in [3.05, 3.63) is 68.6 Å². The van der Waals surface area contributed by atoms with E-state index in [1.54, 1.807) is 0 Å². The van der Waals surface area contributed by atoms with E-state index in [-0.39, 0.29) is 8.41 Å². The molecular weight excluding hydrogens is 391 g/mol. The lowest BCUT2D eigenvalue weighted by molar-refractivity contribution is 0.963. The van der Waals surface area contributed by atoms with Gasteiger partial charge >= 0.3 is 0 Å². The topological polar surface area (TPSA) is 49.8 Å². The van der Waals surface area contributed by atoms with Crippen LogP contribution in [0.5, 0.6) is 0 Å². The molecule has 5 heteroatoms. The van der Waals surface area contributed by atoms with Gasteiger partial charge in [-0.05, 0) is 36.2 Å². The minimum atomic E-state index is 0. The third kappa shape index (κ3) is 7.47. The second kappa shape index (κ2) is 11.6. The molecule has 0 spiro atoms. The van der Waals surface area contributed by atoms with Crippen LogP contribution in [0, 0.1) is 11.3 Å². The van der Waals surface area contributed by atoms with E-state index >= 15 is 0 Å². The smallest absolute Gasteiger partial charge is 0.0670 e. The highest BCUT2D eigenvalue weighted by Gasteiger charge is 1.95.